The molecule has 0 bridgehead atoms. The first-order valence-electron chi connectivity index (χ1n) is 7.87. The van der Waals surface area contributed by atoms with Gasteiger partial charge in [0.1, 0.15) is 11.6 Å². The molecule has 8 atom stereocenters. The molecule has 0 aromatic carbocycles. The number of carbonyl (C=O) groups excluding carboxylic acids is 2. The van der Waals surface area contributed by atoms with Crippen molar-refractivity contribution in [1.29, 1.82) is 0 Å². The first-order valence-corrected chi connectivity index (χ1v) is 7.87. The van der Waals surface area contributed by atoms with E-state index in [0.717, 1.165) is 0 Å². The third-order valence-electron chi connectivity index (χ3n) is 5.79. The van der Waals surface area contributed by atoms with Gasteiger partial charge in [-0.2, -0.15) is 0 Å². The summed E-state index contributed by atoms with van der Waals surface area (Å²) < 4.78 is 0. The zero-order chi connectivity index (χ0) is 14.6. The molecule has 0 aromatic rings. The van der Waals surface area contributed by atoms with Gasteiger partial charge in [0.25, 0.3) is 0 Å². The van der Waals surface area contributed by atoms with Gasteiger partial charge < -0.3 is 0 Å². The number of fused-ring (bicyclic) bond motifs is 2. The summed E-state index contributed by atoms with van der Waals surface area (Å²) in [6, 6.07) is 0. The molecule has 1 fully saturated rings. The van der Waals surface area contributed by atoms with Crippen molar-refractivity contribution < 1.29 is 9.59 Å². The molecule has 0 unspecified atom stereocenters. The highest BCUT2D eigenvalue weighted by Gasteiger charge is 2.55. The standard InChI is InChI=1S/C18H24O2/c1-9-5-6-10(2)14-13(9)17(19)15-11(3)7-8-12(4)16(15)18(14)20/h5-16H,1-4H3/t9-,10+,11+,12-,13-,14-,15+,16-/m1/s1. The minimum Gasteiger partial charge on any atom is -0.299 e. The second kappa shape index (κ2) is 4.68. The Morgan fingerprint density at radius 2 is 0.750 bits per heavy atom. The first-order chi connectivity index (χ1) is 9.43. The minimum absolute atomic E-state index is 0.0927. The van der Waals surface area contributed by atoms with Crippen LogP contribution in [-0.4, -0.2) is 11.6 Å². The van der Waals surface area contributed by atoms with E-state index in [4.69, 9.17) is 0 Å². The van der Waals surface area contributed by atoms with Crippen molar-refractivity contribution in [3.63, 3.8) is 0 Å². The van der Waals surface area contributed by atoms with E-state index in [9.17, 15) is 9.59 Å². The van der Waals surface area contributed by atoms with Gasteiger partial charge >= 0.3 is 0 Å². The topological polar surface area (TPSA) is 34.1 Å². The van der Waals surface area contributed by atoms with Gasteiger partial charge in [-0.1, -0.05) is 52.0 Å². The SMILES string of the molecule is C[C@@H]1C=C[C@H](C)[C@@H]2C(=O)[C@H]3[C@H](C(=O)[C@@H]21)[C@@H](C)C=C[C@H]3C. The van der Waals surface area contributed by atoms with Crippen LogP contribution in [0.5, 0.6) is 0 Å². The summed E-state index contributed by atoms with van der Waals surface area (Å²) in [7, 11) is 0. The van der Waals surface area contributed by atoms with Crippen LogP contribution in [0.15, 0.2) is 24.3 Å². The highest BCUT2D eigenvalue weighted by atomic mass is 16.1. The molecule has 0 heterocycles. The Morgan fingerprint density at radius 1 is 0.550 bits per heavy atom. The largest absolute Gasteiger partial charge is 0.299 e. The third kappa shape index (κ3) is 1.77. The zero-order valence-corrected chi connectivity index (χ0v) is 12.7. The Balaban J connectivity index is 2.07. The van der Waals surface area contributed by atoms with Crippen LogP contribution < -0.4 is 0 Å². The van der Waals surface area contributed by atoms with Crippen molar-refractivity contribution in [2.45, 2.75) is 27.7 Å². The molecule has 2 nitrogen and oxygen atoms in total. The molecule has 1 saturated carbocycles. The second-order valence-corrected chi connectivity index (χ2v) is 7.11. The van der Waals surface area contributed by atoms with Crippen molar-refractivity contribution in [1.82, 2.24) is 0 Å². The molecule has 0 saturated heterocycles. The van der Waals surface area contributed by atoms with Crippen LogP contribution in [-0.2, 0) is 9.59 Å². The highest BCUT2D eigenvalue weighted by molar-refractivity contribution is 6.01. The van der Waals surface area contributed by atoms with Gasteiger partial charge in [-0.25, -0.2) is 0 Å². The molecule has 3 aliphatic rings. The fourth-order valence-electron chi connectivity index (χ4n) is 4.68. The number of ketones is 2. The van der Waals surface area contributed by atoms with Crippen LogP contribution in [0.2, 0.25) is 0 Å². The Morgan fingerprint density at radius 3 is 0.950 bits per heavy atom. The van der Waals surface area contributed by atoms with Crippen LogP contribution in [0.3, 0.4) is 0 Å². The predicted molar refractivity (Wildman–Crippen MR) is 78.9 cm³/mol. The number of allylic oxidation sites excluding steroid dienone is 4. The molecule has 0 aromatic heterocycles. The van der Waals surface area contributed by atoms with E-state index >= 15 is 0 Å². The zero-order valence-electron chi connectivity index (χ0n) is 12.7. The van der Waals surface area contributed by atoms with Crippen LogP contribution in [0, 0.1) is 47.3 Å². The van der Waals surface area contributed by atoms with Crippen LogP contribution in [0.1, 0.15) is 27.7 Å². The molecule has 3 rings (SSSR count). The fourth-order valence-corrected chi connectivity index (χ4v) is 4.68. The van der Waals surface area contributed by atoms with Crippen molar-refractivity contribution in [3.8, 4) is 0 Å². The summed E-state index contributed by atoms with van der Waals surface area (Å²) in [5, 5.41) is 0. The van der Waals surface area contributed by atoms with Gasteiger partial charge in [0.15, 0.2) is 0 Å². The lowest BCUT2D eigenvalue weighted by molar-refractivity contribution is -0.154. The maximum Gasteiger partial charge on any atom is 0.141 e. The molecule has 0 radical (unpaired) electrons. The summed E-state index contributed by atoms with van der Waals surface area (Å²) in [5.41, 5.74) is 0. The van der Waals surface area contributed by atoms with E-state index in [2.05, 4.69) is 52.0 Å². The van der Waals surface area contributed by atoms with Crippen LogP contribution in [0.4, 0.5) is 0 Å². The number of hydrogen-bond acceptors (Lipinski definition) is 2. The molecule has 3 aliphatic carbocycles. The van der Waals surface area contributed by atoms with E-state index in [-0.39, 0.29) is 47.3 Å². The molecule has 2 heteroatoms. The van der Waals surface area contributed by atoms with Crippen LogP contribution in [0.25, 0.3) is 0 Å². The van der Waals surface area contributed by atoms with Gasteiger partial charge in [0, 0.05) is 23.7 Å². The molecule has 0 aliphatic heterocycles. The van der Waals surface area contributed by atoms with Crippen molar-refractivity contribution in [2.24, 2.45) is 47.3 Å². The summed E-state index contributed by atoms with van der Waals surface area (Å²) in [6.45, 7) is 8.33. The molecule has 20 heavy (non-hydrogen) atoms. The average molecular weight is 272 g/mol. The monoisotopic (exact) mass is 272 g/mol. The Bertz CT molecular complexity index is 416. The summed E-state index contributed by atoms with van der Waals surface area (Å²) >= 11 is 0. The summed E-state index contributed by atoms with van der Waals surface area (Å²) in [5.74, 6) is 1.09. The van der Waals surface area contributed by atoms with Crippen LogP contribution >= 0.6 is 0 Å². The van der Waals surface area contributed by atoms with Crippen molar-refractivity contribution >= 4 is 11.6 Å². The first kappa shape index (κ1) is 13.8. The predicted octanol–water partition coefficient (Wildman–Crippen LogP) is 3.29. The number of carbonyl (C=O) groups is 2. The van der Waals surface area contributed by atoms with Gasteiger partial charge in [-0.3, -0.25) is 9.59 Å². The molecule has 108 valence electrons. The van der Waals surface area contributed by atoms with Gasteiger partial charge in [0.2, 0.25) is 0 Å². The van der Waals surface area contributed by atoms with E-state index in [1.54, 1.807) is 0 Å². The molecule has 0 N–H and O–H groups in total. The maximum absolute atomic E-state index is 13.0. The molecular weight excluding hydrogens is 248 g/mol. The Hall–Kier alpha value is -1.18. The maximum atomic E-state index is 13.0. The number of rotatable bonds is 0. The van der Waals surface area contributed by atoms with E-state index in [1.165, 1.54) is 0 Å². The van der Waals surface area contributed by atoms with Gasteiger partial charge in [-0.05, 0) is 23.7 Å². The fraction of sp³-hybridized carbons (Fsp3) is 0.667. The molecule has 0 spiro atoms. The van der Waals surface area contributed by atoms with E-state index in [0.29, 0.717) is 11.6 Å². The molecule has 0 amide bonds. The van der Waals surface area contributed by atoms with Crippen molar-refractivity contribution in [3.05, 3.63) is 24.3 Å². The lowest BCUT2D eigenvalue weighted by atomic mass is 9.53. The summed E-state index contributed by atoms with van der Waals surface area (Å²) in [4.78, 5) is 26.1. The molecular formula is C18H24O2. The van der Waals surface area contributed by atoms with Gasteiger partial charge in [0.05, 0.1) is 0 Å². The lowest BCUT2D eigenvalue weighted by Crippen LogP contribution is -2.56. The Kier molecular flexibility index (Phi) is 3.23. The third-order valence-corrected chi connectivity index (χ3v) is 5.79. The number of Topliss-reactive ketones (excluding diaryl/α,β-unsaturated/α-hetero) is 2. The normalized spacial score (nSPS) is 50.8. The van der Waals surface area contributed by atoms with Gasteiger partial charge in [-0.15, -0.1) is 0 Å². The number of hydrogen-bond donors (Lipinski definition) is 0. The summed E-state index contributed by atoms with van der Waals surface area (Å²) in [6.07, 6.45) is 8.52. The van der Waals surface area contributed by atoms with E-state index < -0.39 is 0 Å². The quantitative estimate of drug-likeness (QED) is 0.634. The minimum atomic E-state index is -0.0927. The lowest BCUT2D eigenvalue weighted by Gasteiger charge is -2.48. The highest BCUT2D eigenvalue weighted by Crippen LogP contribution is 2.49. The smallest absolute Gasteiger partial charge is 0.141 e. The second-order valence-electron chi connectivity index (χ2n) is 7.11. The average Bonchev–Trinajstić information content (AvgIpc) is 2.41. The van der Waals surface area contributed by atoms with Crippen molar-refractivity contribution in [2.75, 3.05) is 0 Å². The Labute approximate surface area is 121 Å². The van der Waals surface area contributed by atoms with E-state index in [1.807, 2.05) is 0 Å².